The topological polar surface area (TPSA) is 55.1 Å². The van der Waals surface area contributed by atoms with Gasteiger partial charge in [-0.05, 0) is 31.4 Å². The number of anilines is 1. The lowest BCUT2D eigenvalue weighted by atomic mass is 10.0. The minimum Gasteiger partial charge on any atom is -0.398 e. The number of amides is 1. The van der Waals surface area contributed by atoms with Crippen molar-refractivity contribution in [2.24, 2.45) is 0 Å². The van der Waals surface area contributed by atoms with Crippen LogP contribution in [-0.2, 0) is 0 Å². The SMILES string of the molecule is CCC(CC)NC(=O)c1c(C)cccc1N. The maximum atomic E-state index is 12.0. The van der Waals surface area contributed by atoms with Crippen LogP contribution >= 0.6 is 0 Å². The van der Waals surface area contributed by atoms with Gasteiger partial charge in [0.15, 0.2) is 0 Å². The molecule has 1 amide bonds. The predicted molar refractivity (Wildman–Crippen MR) is 67.4 cm³/mol. The first-order chi connectivity index (χ1) is 7.60. The summed E-state index contributed by atoms with van der Waals surface area (Å²) in [6.45, 7) is 6.03. The monoisotopic (exact) mass is 220 g/mol. The molecule has 3 heteroatoms. The van der Waals surface area contributed by atoms with Crippen molar-refractivity contribution in [3.8, 4) is 0 Å². The van der Waals surface area contributed by atoms with E-state index in [1.165, 1.54) is 0 Å². The number of carbonyl (C=O) groups excluding carboxylic acids is 1. The lowest BCUT2D eigenvalue weighted by molar-refractivity contribution is 0.0935. The normalized spacial score (nSPS) is 10.5. The van der Waals surface area contributed by atoms with Crippen molar-refractivity contribution < 1.29 is 4.79 Å². The highest BCUT2D eigenvalue weighted by atomic mass is 16.1. The van der Waals surface area contributed by atoms with Crippen molar-refractivity contribution in [1.82, 2.24) is 5.32 Å². The summed E-state index contributed by atoms with van der Waals surface area (Å²) in [5.74, 6) is -0.0655. The number of aryl methyl sites for hydroxylation is 1. The summed E-state index contributed by atoms with van der Waals surface area (Å²) in [6.07, 6.45) is 1.88. The molecule has 0 fully saturated rings. The smallest absolute Gasteiger partial charge is 0.253 e. The molecule has 0 aliphatic carbocycles. The summed E-state index contributed by atoms with van der Waals surface area (Å²) >= 11 is 0. The Morgan fingerprint density at radius 1 is 1.38 bits per heavy atom. The van der Waals surface area contributed by atoms with E-state index in [4.69, 9.17) is 5.73 Å². The van der Waals surface area contributed by atoms with E-state index in [9.17, 15) is 4.79 Å². The van der Waals surface area contributed by atoms with Crippen LogP contribution in [0.25, 0.3) is 0 Å². The number of hydrogen-bond acceptors (Lipinski definition) is 2. The Kier molecular flexibility index (Phi) is 4.35. The molecule has 0 radical (unpaired) electrons. The summed E-state index contributed by atoms with van der Waals surface area (Å²) in [7, 11) is 0. The van der Waals surface area contributed by atoms with Crippen LogP contribution in [-0.4, -0.2) is 11.9 Å². The van der Waals surface area contributed by atoms with E-state index < -0.39 is 0 Å². The maximum Gasteiger partial charge on any atom is 0.253 e. The fraction of sp³-hybridized carbons (Fsp3) is 0.462. The van der Waals surface area contributed by atoms with Gasteiger partial charge in [-0.2, -0.15) is 0 Å². The third-order valence-electron chi connectivity index (χ3n) is 2.85. The van der Waals surface area contributed by atoms with Crippen molar-refractivity contribution >= 4 is 11.6 Å². The number of nitrogens with one attached hydrogen (secondary N) is 1. The van der Waals surface area contributed by atoms with Gasteiger partial charge in [0.25, 0.3) is 5.91 Å². The molecule has 1 rings (SSSR count). The van der Waals surface area contributed by atoms with Crippen molar-refractivity contribution in [2.75, 3.05) is 5.73 Å². The fourth-order valence-electron chi connectivity index (χ4n) is 1.75. The average Bonchev–Trinajstić information content (AvgIpc) is 2.25. The lowest BCUT2D eigenvalue weighted by Gasteiger charge is -2.16. The standard InChI is InChI=1S/C13H20N2O/c1-4-10(5-2)15-13(16)12-9(3)7-6-8-11(12)14/h6-8,10H,4-5,14H2,1-3H3,(H,15,16). The second kappa shape index (κ2) is 5.54. The average molecular weight is 220 g/mol. The summed E-state index contributed by atoms with van der Waals surface area (Å²) < 4.78 is 0. The Morgan fingerprint density at radius 2 is 2.00 bits per heavy atom. The van der Waals surface area contributed by atoms with Crippen LogP contribution in [0.4, 0.5) is 5.69 Å². The molecule has 16 heavy (non-hydrogen) atoms. The van der Waals surface area contributed by atoms with Gasteiger partial charge >= 0.3 is 0 Å². The second-order valence-electron chi connectivity index (χ2n) is 4.03. The number of benzene rings is 1. The van der Waals surface area contributed by atoms with E-state index >= 15 is 0 Å². The molecule has 1 aromatic rings. The van der Waals surface area contributed by atoms with Gasteiger partial charge in [0.1, 0.15) is 0 Å². The molecule has 3 N–H and O–H groups in total. The highest BCUT2D eigenvalue weighted by molar-refractivity contribution is 6.00. The zero-order chi connectivity index (χ0) is 12.1. The van der Waals surface area contributed by atoms with E-state index in [1.807, 2.05) is 19.1 Å². The molecule has 0 bridgehead atoms. The van der Waals surface area contributed by atoms with Gasteiger partial charge in [-0.1, -0.05) is 26.0 Å². The van der Waals surface area contributed by atoms with E-state index in [2.05, 4.69) is 19.2 Å². The summed E-state index contributed by atoms with van der Waals surface area (Å²) in [6, 6.07) is 5.75. The highest BCUT2D eigenvalue weighted by Crippen LogP contribution is 2.16. The van der Waals surface area contributed by atoms with Gasteiger partial charge in [0.2, 0.25) is 0 Å². The van der Waals surface area contributed by atoms with Gasteiger partial charge in [0, 0.05) is 11.7 Å². The number of nitrogen functional groups attached to an aromatic ring is 1. The Morgan fingerprint density at radius 3 is 2.50 bits per heavy atom. The van der Waals surface area contributed by atoms with Gasteiger partial charge in [-0.15, -0.1) is 0 Å². The Hall–Kier alpha value is -1.51. The van der Waals surface area contributed by atoms with Crippen LogP contribution in [0.1, 0.15) is 42.6 Å². The van der Waals surface area contributed by atoms with E-state index in [0.717, 1.165) is 18.4 Å². The van der Waals surface area contributed by atoms with Crippen LogP contribution in [0, 0.1) is 6.92 Å². The molecule has 88 valence electrons. The van der Waals surface area contributed by atoms with Crippen LogP contribution < -0.4 is 11.1 Å². The first-order valence-corrected chi connectivity index (χ1v) is 5.76. The molecule has 1 aromatic carbocycles. The Balaban J connectivity index is 2.88. The molecule has 0 saturated carbocycles. The van der Waals surface area contributed by atoms with Crippen molar-refractivity contribution in [2.45, 2.75) is 39.7 Å². The molecule has 0 aromatic heterocycles. The third kappa shape index (κ3) is 2.75. The Bertz CT molecular complexity index is 350. The first kappa shape index (κ1) is 12.6. The van der Waals surface area contributed by atoms with Crippen LogP contribution in [0.15, 0.2) is 18.2 Å². The van der Waals surface area contributed by atoms with Gasteiger partial charge in [0.05, 0.1) is 5.56 Å². The summed E-state index contributed by atoms with van der Waals surface area (Å²) in [5, 5.41) is 3.00. The molecule has 0 saturated heterocycles. The largest absolute Gasteiger partial charge is 0.398 e. The number of carbonyl (C=O) groups is 1. The van der Waals surface area contributed by atoms with E-state index in [0.29, 0.717) is 11.3 Å². The van der Waals surface area contributed by atoms with Gasteiger partial charge in [-0.3, -0.25) is 4.79 Å². The molecule has 0 heterocycles. The maximum absolute atomic E-state index is 12.0. The van der Waals surface area contributed by atoms with Crippen molar-refractivity contribution in [1.29, 1.82) is 0 Å². The number of rotatable bonds is 4. The lowest BCUT2D eigenvalue weighted by Crippen LogP contribution is -2.34. The molecular weight excluding hydrogens is 200 g/mol. The van der Waals surface area contributed by atoms with Crippen molar-refractivity contribution in [3.05, 3.63) is 29.3 Å². The van der Waals surface area contributed by atoms with E-state index in [1.54, 1.807) is 6.07 Å². The van der Waals surface area contributed by atoms with Gasteiger partial charge < -0.3 is 11.1 Å². The zero-order valence-electron chi connectivity index (χ0n) is 10.2. The molecule has 0 aliphatic heterocycles. The quantitative estimate of drug-likeness (QED) is 0.766. The fourth-order valence-corrected chi connectivity index (χ4v) is 1.75. The first-order valence-electron chi connectivity index (χ1n) is 5.76. The van der Waals surface area contributed by atoms with E-state index in [-0.39, 0.29) is 11.9 Å². The Labute approximate surface area is 97.0 Å². The second-order valence-corrected chi connectivity index (χ2v) is 4.03. The predicted octanol–water partition coefficient (Wildman–Crippen LogP) is 2.50. The van der Waals surface area contributed by atoms with Crippen LogP contribution in [0.3, 0.4) is 0 Å². The highest BCUT2D eigenvalue weighted by Gasteiger charge is 2.14. The minimum absolute atomic E-state index is 0.0655. The minimum atomic E-state index is -0.0655. The van der Waals surface area contributed by atoms with Crippen molar-refractivity contribution in [3.63, 3.8) is 0 Å². The third-order valence-corrected chi connectivity index (χ3v) is 2.85. The zero-order valence-corrected chi connectivity index (χ0v) is 10.2. The molecule has 3 nitrogen and oxygen atoms in total. The molecular formula is C13H20N2O. The van der Waals surface area contributed by atoms with Crippen LogP contribution in [0.5, 0.6) is 0 Å². The van der Waals surface area contributed by atoms with Crippen LogP contribution in [0.2, 0.25) is 0 Å². The molecule has 0 atom stereocenters. The number of nitrogens with two attached hydrogens (primary N) is 1. The molecule has 0 spiro atoms. The molecule has 0 unspecified atom stereocenters. The summed E-state index contributed by atoms with van der Waals surface area (Å²) in [5.41, 5.74) is 7.89. The summed E-state index contributed by atoms with van der Waals surface area (Å²) in [4.78, 5) is 12.0. The number of hydrogen-bond donors (Lipinski definition) is 2. The molecule has 0 aliphatic rings. The van der Waals surface area contributed by atoms with Gasteiger partial charge in [-0.25, -0.2) is 0 Å².